The Morgan fingerprint density at radius 3 is 2.92 bits per heavy atom. The van der Waals surface area contributed by atoms with E-state index in [2.05, 4.69) is 11.7 Å². The van der Waals surface area contributed by atoms with Crippen molar-refractivity contribution in [3.05, 3.63) is 23.2 Å². The van der Waals surface area contributed by atoms with Crippen molar-refractivity contribution in [3.63, 3.8) is 0 Å². The minimum Gasteiger partial charge on any atom is -0.492 e. The molecule has 12 heavy (non-hydrogen) atoms. The first kappa shape index (κ1) is 9.07. The highest BCUT2D eigenvalue weighted by molar-refractivity contribution is 6.30. The van der Waals surface area contributed by atoms with Crippen molar-refractivity contribution in [1.82, 2.24) is 0 Å². The lowest BCUT2D eigenvalue weighted by molar-refractivity contribution is 0.341. The van der Waals surface area contributed by atoms with E-state index in [0.29, 0.717) is 17.3 Å². The Balaban J connectivity index is 3.02. The van der Waals surface area contributed by atoms with Gasteiger partial charge in [0.25, 0.3) is 0 Å². The molecule has 0 amide bonds. The summed E-state index contributed by atoms with van der Waals surface area (Å²) in [6.45, 7) is 5.96. The molecule has 2 nitrogen and oxygen atoms in total. The van der Waals surface area contributed by atoms with Crippen LogP contribution in [0.1, 0.15) is 6.92 Å². The van der Waals surface area contributed by atoms with E-state index in [1.165, 1.54) is 0 Å². The molecule has 1 aromatic carbocycles. The summed E-state index contributed by atoms with van der Waals surface area (Å²) < 4.78 is 5.29. The first-order valence-electron chi connectivity index (χ1n) is 3.67. The zero-order valence-corrected chi connectivity index (χ0v) is 7.64. The molecular weight excluding hydrogens is 174 g/mol. The van der Waals surface area contributed by atoms with Crippen molar-refractivity contribution < 1.29 is 4.74 Å². The first-order chi connectivity index (χ1) is 5.77. The van der Waals surface area contributed by atoms with Gasteiger partial charge in [-0.25, -0.2) is 0 Å². The molecule has 0 saturated heterocycles. The van der Waals surface area contributed by atoms with Crippen LogP contribution in [0.25, 0.3) is 0 Å². The van der Waals surface area contributed by atoms with E-state index in [-0.39, 0.29) is 0 Å². The van der Waals surface area contributed by atoms with Gasteiger partial charge in [0.1, 0.15) is 11.4 Å². The Hall–Kier alpha value is -1.02. The molecule has 0 atom stereocenters. The smallest absolute Gasteiger partial charge is 0.144 e. The third-order valence-corrected chi connectivity index (χ3v) is 1.63. The molecule has 0 bridgehead atoms. The quantitative estimate of drug-likeness (QED) is 0.660. The molecule has 0 aliphatic heterocycles. The highest BCUT2D eigenvalue weighted by atomic mass is 35.5. The maximum absolute atomic E-state index is 5.75. The highest BCUT2D eigenvalue weighted by Gasteiger charge is 2.00. The standard InChI is InChI=1S/C9H10ClNO/c1-3-12-9-5-4-7(10)6-8(9)11-2/h4-6H,2-3H2,1H3. The van der Waals surface area contributed by atoms with Gasteiger partial charge in [-0.1, -0.05) is 11.6 Å². The third-order valence-electron chi connectivity index (χ3n) is 1.39. The summed E-state index contributed by atoms with van der Waals surface area (Å²) in [5.74, 6) is 0.719. The number of rotatable bonds is 3. The molecule has 0 spiro atoms. The van der Waals surface area contributed by atoms with Crippen LogP contribution in [0.15, 0.2) is 23.2 Å². The number of benzene rings is 1. The van der Waals surface area contributed by atoms with Crippen molar-refractivity contribution in [1.29, 1.82) is 0 Å². The Morgan fingerprint density at radius 2 is 2.33 bits per heavy atom. The number of hydrogen-bond acceptors (Lipinski definition) is 2. The molecular formula is C9H10ClNO. The van der Waals surface area contributed by atoms with Gasteiger partial charge in [0.15, 0.2) is 0 Å². The average molecular weight is 184 g/mol. The molecule has 0 saturated carbocycles. The summed E-state index contributed by atoms with van der Waals surface area (Å²) >= 11 is 5.75. The maximum Gasteiger partial charge on any atom is 0.144 e. The lowest BCUT2D eigenvalue weighted by Crippen LogP contribution is -1.90. The van der Waals surface area contributed by atoms with Gasteiger partial charge in [-0.2, -0.15) is 0 Å². The Labute approximate surface area is 76.8 Å². The van der Waals surface area contributed by atoms with Crippen LogP contribution >= 0.6 is 11.6 Å². The number of ether oxygens (including phenoxy) is 1. The summed E-state index contributed by atoms with van der Waals surface area (Å²) in [5.41, 5.74) is 0.685. The lowest BCUT2D eigenvalue weighted by atomic mass is 10.3. The molecule has 0 unspecified atom stereocenters. The van der Waals surface area contributed by atoms with Gasteiger partial charge in [-0.15, -0.1) is 0 Å². The molecule has 0 aromatic heterocycles. The summed E-state index contributed by atoms with van der Waals surface area (Å²) in [4.78, 5) is 3.79. The van der Waals surface area contributed by atoms with E-state index in [1.807, 2.05) is 6.92 Å². The van der Waals surface area contributed by atoms with E-state index in [1.54, 1.807) is 18.2 Å². The Bertz CT molecular complexity index is 286. The number of aliphatic imine (C=N–C) groups is 1. The van der Waals surface area contributed by atoms with Crippen LogP contribution in [-0.2, 0) is 0 Å². The van der Waals surface area contributed by atoms with Gasteiger partial charge in [0, 0.05) is 5.02 Å². The van der Waals surface area contributed by atoms with Crippen LogP contribution in [0.5, 0.6) is 5.75 Å². The van der Waals surface area contributed by atoms with E-state index >= 15 is 0 Å². The van der Waals surface area contributed by atoms with Crippen molar-refractivity contribution in [3.8, 4) is 5.75 Å². The summed E-state index contributed by atoms with van der Waals surface area (Å²) in [6.07, 6.45) is 0. The van der Waals surface area contributed by atoms with Crippen LogP contribution in [0.2, 0.25) is 5.02 Å². The van der Waals surface area contributed by atoms with E-state index in [4.69, 9.17) is 16.3 Å². The molecule has 0 aliphatic rings. The van der Waals surface area contributed by atoms with Crippen molar-refractivity contribution >= 4 is 24.0 Å². The van der Waals surface area contributed by atoms with E-state index < -0.39 is 0 Å². The van der Waals surface area contributed by atoms with E-state index in [9.17, 15) is 0 Å². The fraction of sp³-hybridized carbons (Fsp3) is 0.222. The van der Waals surface area contributed by atoms with Gasteiger partial charge < -0.3 is 4.74 Å². The SMILES string of the molecule is C=Nc1cc(Cl)ccc1OCC. The van der Waals surface area contributed by atoms with Gasteiger partial charge in [0.2, 0.25) is 0 Å². The second-order valence-corrected chi connectivity index (χ2v) is 2.64. The fourth-order valence-electron chi connectivity index (χ4n) is 0.892. The topological polar surface area (TPSA) is 21.6 Å². The number of hydrogen-bond donors (Lipinski definition) is 0. The predicted octanol–water partition coefficient (Wildman–Crippen LogP) is 3.07. The minimum atomic E-state index is 0.615. The Kier molecular flexibility index (Phi) is 3.11. The normalized spacial score (nSPS) is 9.50. The molecule has 0 heterocycles. The van der Waals surface area contributed by atoms with Crippen molar-refractivity contribution in [2.45, 2.75) is 6.92 Å². The summed E-state index contributed by atoms with van der Waals surface area (Å²) in [5, 5.41) is 0.640. The second-order valence-electron chi connectivity index (χ2n) is 2.20. The minimum absolute atomic E-state index is 0.615. The summed E-state index contributed by atoms with van der Waals surface area (Å²) in [7, 11) is 0. The number of nitrogens with zero attached hydrogens (tertiary/aromatic N) is 1. The molecule has 64 valence electrons. The Morgan fingerprint density at radius 1 is 1.58 bits per heavy atom. The summed E-state index contributed by atoms with van der Waals surface area (Å²) in [6, 6.07) is 5.27. The monoisotopic (exact) mass is 183 g/mol. The molecule has 0 aliphatic carbocycles. The van der Waals surface area contributed by atoms with Crippen LogP contribution in [-0.4, -0.2) is 13.3 Å². The van der Waals surface area contributed by atoms with Crippen LogP contribution in [0.3, 0.4) is 0 Å². The molecule has 0 N–H and O–H groups in total. The molecule has 1 aromatic rings. The zero-order chi connectivity index (χ0) is 8.97. The van der Waals surface area contributed by atoms with Crippen LogP contribution in [0.4, 0.5) is 5.69 Å². The molecule has 3 heteroatoms. The fourth-order valence-corrected chi connectivity index (χ4v) is 1.06. The second kappa shape index (κ2) is 4.12. The van der Waals surface area contributed by atoms with Crippen LogP contribution in [0, 0.1) is 0 Å². The zero-order valence-electron chi connectivity index (χ0n) is 6.88. The predicted molar refractivity (Wildman–Crippen MR) is 51.8 cm³/mol. The van der Waals surface area contributed by atoms with Gasteiger partial charge in [-0.05, 0) is 31.8 Å². The van der Waals surface area contributed by atoms with Gasteiger partial charge in [0.05, 0.1) is 6.61 Å². The maximum atomic E-state index is 5.75. The lowest BCUT2D eigenvalue weighted by Gasteiger charge is -2.05. The highest BCUT2D eigenvalue weighted by Crippen LogP contribution is 2.29. The van der Waals surface area contributed by atoms with Gasteiger partial charge in [-0.3, -0.25) is 4.99 Å². The first-order valence-corrected chi connectivity index (χ1v) is 4.04. The third kappa shape index (κ3) is 1.98. The molecule has 0 fully saturated rings. The van der Waals surface area contributed by atoms with Crippen molar-refractivity contribution in [2.24, 2.45) is 4.99 Å². The average Bonchev–Trinajstić information content (AvgIpc) is 2.08. The molecule has 1 rings (SSSR count). The van der Waals surface area contributed by atoms with E-state index in [0.717, 1.165) is 5.75 Å². The van der Waals surface area contributed by atoms with Crippen molar-refractivity contribution in [2.75, 3.05) is 6.61 Å². The number of halogens is 1. The molecule has 0 radical (unpaired) electrons. The largest absolute Gasteiger partial charge is 0.492 e. The van der Waals surface area contributed by atoms with Gasteiger partial charge >= 0.3 is 0 Å². The van der Waals surface area contributed by atoms with Crippen LogP contribution < -0.4 is 4.74 Å².